The van der Waals surface area contributed by atoms with Gasteiger partial charge < -0.3 is 14.2 Å². The van der Waals surface area contributed by atoms with Crippen LogP contribution < -0.4 is 14.2 Å². The monoisotopic (exact) mass is 400 g/mol. The number of hydrogen-bond donors (Lipinski definition) is 0. The van der Waals surface area contributed by atoms with Gasteiger partial charge in [-0.2, -0.15) is 0 Å². The molecular weight excluding hydrogens is 384 g/mol. The van der Waals surface area contributed by atoms with Crippen molar-refractivity contribution >= 4 is 22.8 Å². The van der Waals surface area contributed by atoms with Crippen molar-refractivity contribution < 1.29 is 23.9 Å². The Labute approximate surface area is 164 Å². The molecule has 0 aliphatic heterocycles. The first-order chi connectivity index (χ1) is 13.5. The number of carbonyl (C=O) groups is 1. The summed E-state index contributed by atoms with van der Waals surface area (Å²) < 4.78 is 16.3. The predicted molar refractivity (Wildman–Crippen MR) is 104 cm³/mol. The highest BCUT2D eigenvalue weighted by Crippen LogP contribution is 2.47. The fraction of sp³-hybridized carbons (Fsp3) is 0.158. The molecule has 0 N–H and O–H groups in total. The Bertz CT molecular complexity index is 1020. The maximum absolute atomic E-state index is 13.1. The summed E-state index contributed by atoms with van der Waals surface area (Å²) in [6.07, 6.45) is 0. The highest BCUT2D eigenvalue weighted by atomic mass is 32.1. The second kappa shape index (κ2) is 8.05. The number of thiazole rings is 1. The molecule has 1 heterocycles. The first-order valence-electron chi connectivity index (χ1n) is 8.02. The SMILES string of the molecule is COc1cc(C(=O)c2cscn2)c(-c2ccc([N+](=O)[O-])cc2)c(OC)c1OC. The first kappa shape index (κ1) is 19.3. The number of methoxy groups -OCH3 is 3. The van der Waals surface area contributed by atoms with Crippen molar-refractivity contribution in [1.29, 1.82) is 0 Å². The molecule has 3 aromatic rings. The zero-order valence-electron chi connectivity index (χ0n) is 15.3. The molecule has 0 fully saturated rings. The van der Waals surface area contributed by atoms with Crippen LogP contribution >= 0.6 is 11.3 Å². The molecule has 0 atom stereocenters. The second-order valence-electron chi connectivity index (χ2n) is 5.57. The van der Waals surface area contributed by atoms with Crippen molar-refractivity contribution in [3.05, 3.63) is 62.6 Å². The van der Waals surface area contributed by atoms with Crippen LogP contribution in [0.5, 0.6) is 17.2 Å². The number of rotatable bonds is 7. The van der Waals surface area contributed by atoms with Crippen molar-refractivity contribution in [3.8, 4) is 28.4 Å². The standard InChI is InChI=1S/C19H16N2O6S/c1-25-15-8-13(17(22)14-9-28-10-20-14)16(19(27-3)18(15)26-2)11-4-6-12(7-5-11)21(23)24/h4-10H,1-3H3. The molecule has 0 spiro atoms. The third kappa shape index (κ3) is 3.39. The lowest BCUT2D eigenvalue weighted by molar-refractivity contribution is -0.384. The molecule has 0 radical (unpaired) electrons. The Morgan fingerprint density at radius 2 is 1.75 bits per heavy atom. The number of nitrogens with zero attached hydrogens (tertiary/aromatic N) is 2. The van der Waals surface area contributed by atoms with E-state index in [0.717, 1.165) is 0 Å². The van der Waals surface area contributed by atoms with Crippen molar-refractivity contribution in [2.45, 2.75) is 0 Å². The number of hydrogen-bond acceptors (Lipinski definition) is 8. The molecule has 0 bridgehead atoms. The topological polar surface area (TPSA) is 101 Å². The Balaban J connectivity index is 2.30. The molecule has 9 heteroatoms. The highest BCUT2D eigenvalue weighted by molar-refractivity contribution is 7.07. The molecule has 0 aliphatic rings. The fourth-order valence-corrected chi connectivity index (χ4v) is 3.37. The summed E-state index contributed by atoms with van der Waals surface area (Å²) in [5.41, 5.74) is 3.07. The van der Waals surface area contributed by atoms with Crippen LogP contribution in [0.2, 0.25) is 0 Å². The van der Waals surface area contributed by atoms with Gasteiger partial charge >= 0.3 is 0 Å². The molecule has 0 saturated carbocycles. The van der Waals surface area contributed by atoms with Gasteiger partial charge in [-0.1, -0.05) is 0 Å². The van der Waals surface area contributed by atoms with Gasteiger partial charge in [0, 0.05) is 28.6 Å². The maximum Gasteiger partial charge on any atom is 0.269 e. The van der Waals surface area contributed by atoms with Crippen molar-refractivity contribution in [1.82, 2.24) is 4.98 Å². The van der Waals surface area contributed by atoms with Gasteiger partial charge in [0.1, 0.15) is 5.69 Å². The van der Waals surface area contributed by atoms with Crippen molar-refractivity contribution in [2.75, 3.05) is 21.3 Å². The lowest BCUT2D eigenvalue weighted by Crippen LogP contribution is -2.08. The van der Waals surface area contributed by atoms with Crippen LogP contribution in [0.25, 0.3) is 11.1 Å². The van der Waals surface area contributed by atoms with Gasteiger partial charge in [0.2, 0.25) is 11.5 Å². The summed E-state index contributed by atoms with van der Waals surface area (Å²) in [5, 5.41) is 12.6. The smallest absolute Gasteiger partial charge is 0.269 e. The summed E-state index contributed by atoms with van der Waals surface area (Å²) >= 11 is 1.30. The average Bonchev–Trinajstić information content (AvgIpc) is 3.26. The van der Waals surface area contributed by atoms with Crippen molar-refractivity contribution in [3.63, 3.8) is 0 Å². The van der Waals surface area contributed by atoms with E-state index in [1.54, 1.807) is 29.1 Å². The Kier molecular flexibility index (Phi) is 5.55. The number of non-ortho nitro benzene ring substituents is 1. The number of carbonyl (C=O) groups excluding carboxylic acids is 1. The van der Waals surface area contributed by atoms with E-state index in [0.29, 0.717) is 22.6 Å². The van der Waals surface area contributed by atoms with Crippen LogP contribution in [0.4, 0.5) is 5.69 Å². The summed E-state index contributed by atoms with van der Waals surface area (Å²) in [5.74, 6) is 0.597. The minimum absolute atomic E-state index is 0.0597. The predicted octanol–water partition coefficient (Wildman–Crippen LogP) is 3.98. The fourth-order valence-electron chi connectivity index (χ4n) is 2.83. The van der Waals surface area contributed by atoms with Crippen LogP contribution in [0, 0.1) is 10.1 Å². The summed E-state index contributed by atoms with van der Waals surface area (Å²) in [6.45, 7) is 0. The van der Waals surface area contributed by atoms with E-state index >= 15 is 0 Å². The lowest BCUT2D eigenvalue weighted by atomic mass is 9.93. The van der Waals surface area contributed by atoms with Crippen LogP contribution in [0.1, 0.15) is 16.1 Å². The second-order valence-corrected chi connectivity index (χ2v) is 6.29. The van der Waals surface area contributed by atoms with Crippen LogP contribution in [0.3, 0.4) is 0 Å². The van der Waals surface area contributed by atoms with E-state index in [1.165, 1.54) is 44.8 Å². The molecule has 8 nitrogen and oxygen atoms in total. The number of ether oxygens (including phenoxy) is 3. The third-order valence-electron chi connectivity index (χ3n) is 4.11. The van der Waals surface area contributed by atoms with E-state index in [1.807, 2.05) is 0 Å². The zero-order valence-corrected chi connectivity index (χ0v) is 16.1. The Hall–Kier alpha value is -3.46. The van der Waals surface area contributed by atoms with Crippen LogP contribution in [-0.2, 0) is 0 Å². The average molecular weight is 400 g/mol. The van der Waals surface area contributed by atoms with Gasteiger partial charge in [0.25, 0.3) is 5.69 Å². The largest absolute Gasteiger partial charge is 0.493 e. The molecule has 0 amide bonds. The molecule has 0 saturated heterocycles. The normalized spacial score (nSPS) is 10.4. The van der Waals surface area contributed by atoms with Gasteiger partial charge in [0.05, 0.1) is 31.8 Å². The van der Waals surface area contributed by atoms with Crippen LogP contribution in [0.15, 0.2) is 41.2 Å². The van der Waals surface area contributed by atoms with Gasteiger partial charge in [-0.25, -0.2) is 4.98 Å². The molecular formula is C19H16N2O6S. The van der Waals surface area contributed by atoms with E-state index in [9.17, 15) is 14.9 Å². The Morgan fingerprint density at radius 1 is 1.07 bits per heavy atom. The van der Waals surface area contributed by atoms with Gasteiger partial charge in [-0.15, -0.1) is 11.3 Å². The molecule has 0 aliphatic carbocycles. The van der Waals surface area contributed by atoms with Gasteiger partial charge in [0.15, 0.2) is 11.5 Å². The molecule has 3 rings (SSSR count). The third-order valence-corrected chi connectivity index (χ3v) is 4.69. The molecule has 1 aromatic heterocycles. The van der Waals surface area contributed by atoms with E-state index in [4.69, 9.17) is 14.2 Å². The molecule has 0 unspecified atom stereocenters. The molecule has 144 valence electrons. The van der Waals surface area contributed by atoms with Gasteiger partial charge in [-0.3, -0.25) is 14.9 Å². The zero-order chi connectivity index (χ0) is 20.3. The summed E-state index contributed by atoms with van der Waals surface area (Å²) in [7, 11) is 4.37. The quantitative estimate of drug-likeness (QED) is 0.336. The lowest BCUT2D eigenvalue weighted by Gasteiger charge is -2.19. The number of nitro groups is 1. The number of ketones is 1. The maximum atomic E-state index is 13.1. The number of nitro benzene ring substituents is 1. The Morgan fingerprint density at radius 3 is 2.25 bits per heavy atom. The summed E-state index contributed by atoms with van der Waals surface area (Å²) in [4.78, 5) is 27.7. The van der Waals surface area contributed by atoms with Gasteiger partial charge in [-0.05, 0) is 23.8 Å². The van der Waals surface area contributed by atoms with E-state index in [-0.39, 0.29) is 28.5 Å². The molecule has 2 aromatic carbocycles. The minimum atomic E-state index is -0.489. The van der Waals surface area contributed by atoms with Crippen molar-refractivity contribution in [2.24, 2.45) is 0 Å². The first-order valence-corrected chi connectivity index (χ1v) is 8.96. The minimum Gasteiger partial charge on any atom is -0.493 e. The van der Waals surface area contributed by atoms with E-state index < -0.39 is 4.92 Å². The summed E-state index contributed by atoms with van der Waals surface area (Å²) in [6, 6.07) is 7.39. The molecule has 28 heavy (non-hydrogen) atoms. The highest BCUT2D eigenvalue weighted by Gasteiger charge is 2.27. The van der Waals surface area contributed by atoms with Crippen LogP contribution in [-0.4, -0.2) is 37.0 Å². The number of aromatic nitrogens is 1. The van der Waals surface area contributed by atoms with E-state index in [2.05, 4.69) is 4.98 Å². The number of benzene rings is 2.